The summed E-state index contributed by atoms with van der Waals surface area (Å²) < 4.78 is 5.83. The SMILES string of the molecule is CCCCCCCCOc1ccc(-c2cc(C(=O)NN=Cc3ccc(CC)cc3)[nH]n2)cc1. The number of aromatic amines is 1. The van der Waals surface area contributed by atoms with Gasteiger partial charge in [-0.3, -0.25) is 9.89 Å². The zero-order valence-corrected chi connectivity index (χ0v) is 19.6. The zero-order valence-electron chi connectivity index (χ0n) is 19.6. The Balaban J connectivity index is 1.45. The van der Waals surface area contributed by atoms with Crippen LogP contribution in [-0.2, 0) is 6.42 Å². The molecule has 33 heavy (non-hydrogen) atoms. The predicted molar refractivity (Wildman–Crippen MR) is 134 cm³/mol. The maximum Gasteiger partial charge on any atom is 0.289 e. The van der Waals surface area contributed by atoms with Crippen LogP contribution in [0.5, 0.6) is 5.75 Å². The second-order valence-electron chi connectivity index (χ2n) is 8.10. The quantitative estimate of drug-likeness (QED) is 0.188. The Morgan fingerprint density at radius 2 is 1.73 bits per heavy atom. The van der Waals surface area contributed by atoms with Crippen LogP contribution in [0.1, 0.15) is 74.0 Å². The van der Waals surface area contributed by atoms with Gasteiger partial charge in [-0.05, 0) is 54.3 Å². The normalized spacial score (nSPS) is 11.1. The number of nitrogens with one attached hydrogen (secondary N) is 2. The third-order valence-corrected chi connectivity index (χ3v) is 5.51. The molecule has 0 aliphatic heterocycles. The molecule has 0 radical (unpaired) electrons. The summed E-state index contributed by atoms with van der Waals surface area (Å²) in [6, 6.07) is 17.5. The van der Waals surface area contributed by atoms with Crippen molar-refractivity contribution in [3.8, 4) is 17.0 Å². The lowest BCUT2D eigenvalue weighted by atomic mass is 10.1. The first kappa shape index (κ1) is 24.2. The van der Waals surface area contributed by atoms with Gasteiger partial charge in [-0.15, -0.1) is 0 Å². The molecule has 2 N–H and O–H groups in total. The number of amides is 1. The van der Waals surface area contributed by atoms with E-state index in [1.165, 1.54) is 37.7 Å². The number of hydrogen-bond acceptors (Lipinski definition) is 4. The molecule has 3 aromatic rings. The van der Waals surface area contributed by atoms with Crippen LogP contribution in [-0.4, -0.2) is 28.9 Å². The number of hydrazone groups is 1. The van der Waals surface area contributed by atoms with Crippen LogP contribution in [0, 0.1) is 0 Å². The largest absolute Gasteiger partial charge is 0.494 e. The number of benzene rings is 2. The highest BCUT2D eigenvalue weighted by molar-refractivity contribution is 5.94. The number of unbranched alkanes of at least 4 members (excludes halogenated alkanes) is 5. The van der Waals surface area contributed by atoms with Gasteiger partial charge in [-0.2, -0.15) is 10.2 Å². The number of carbonyl (C=O) groups is 1. The van der Waals surface area contributed by atoms with Crippen LogP contribution >= 0.6 is 0 Å². The predicted octanol–water partition coefficient (Wildman–Crippen LogP) is 6.14. The third kappa shape index (κ3) is 7.90. The lowest BCUT2D eigenvalue weighted by Gasteiger charge is -2.06. The van der Waals surface area contributed by atoms with Gasteiger partial charge in [0.1, 0.15) is 11.4 Å². The van der Waals surface area contributed by atoms with E-state index in [4.69, 9.17) is 4.74 Å². The number of aromatic nitrogens is 2. The van der Waals surface area contributed by atoms with Gasteiger partial charge >= 0.3 is 0 Å². The fourth-order valence-electron chi connectivity index (χ4n) is 3.45. The Kier molecular flexibility index (Phi) is 9.70. The Morgan fingerprint density at radius 1 is 1.00 bits per heavy atom. The number of nitrogens with zero attached hydrogens (tertiary/aromatic N) is 2. The molecule has 174 valence electrons. The molecule has 0 unspecified atom stereocenters. The second kappa shape index (κ2) is 13.2. The van der Waals surface area contributed by atoms with Crippen LogP contribution < -0.4 is 10.2 Å². The summed E-state index contributed by atoms with van der Waals surface area (Å²) in [6.07, 6.45) is 10.1. The number of aryl methyl sites for hydroxylation is 1. The summed E-state index contributed by atoms with van der Waals surface area (Å²) in [5.41, 5.74) is 6.69. The van der Waals surface area contributed by atoms with Crippen molar-refractivity contribution in [2.24, 2.45) is 5.10 Å². The molecule has 0 saturated heterocycles. The second-order valence-corrected chi connectivity index (χ2v) is 8.10. The molecule has 0 aliphatic rings. The fourth-order valence-corrected chi connectivity index (χ4v) is 3.45. The van der Waals surface area contributed by atoms with Gasteiger partial charge in [-0.1, -0.05) is 70.2 Å². The molecule has 1 aromatic heterocycles. The van der Waals surface area contributed by atoms with Gasteiger partial charge < -0.3 is 4.74 Å². The zero-order chi connectivity index (χ0) is 23.3. The first-order chi connectivity index (χ1) is 16.2. The summed E-state index contributed by atoms with van der Waals surface area (Å²) in [5, 5.41) is 11.1. The van der Waals surface area contributed by atoms with Crippen LogP contribution in [0.15, 0.2) is 59.7 Å². The van der Waals surface area contributed by atoms with Crippen LogP contribution in [0.2, 0.25) is 0 Å². The van der Waals surface area contributed by atoms with Gasteiger partial charge in [0.05, 0.1) is 18.5 Å². The molecule has 1 amide bonds. The highest BCUT2D eigenvalue weighted by atomic mass is 16.5. The number of rotatable bonds is 13. The average Bonchev–Trinajstić information content (AvgIpc) is 3.35. The average molecular weight is 447 g/mol. The Bertz CT molecular complexity index is 1010. The van der Waals surface area contributed by atoms with Crippen molar-refractivity contribution in [2.75, 3.05) is 6.61 Å². The number of hydrogen-bond donors (Lipinski definition) is 2. The van der Waals surface area contributed by atoms with Gasteiger partial charge in [0.25, 0.3) is 5.91 Å². The van der Waals surface area contributed by atoms with E-state index >= 15 is 0 Å². The minimum atomic E-state index is -0.339. The topological polar surface area (TPSA) is 79.4 Å². The maximum atomic E-state index is 12.3. The van der Waals surface area contributed by atoms with Gasteiger partial charge in [0.2, 0.25) is 0 Å². The van der Waals surface area contributed by atoms with Gasteiger partial charge in [0, 0.05) is 5.56 Å². The van der Waals surface area contributed by atoms with E-state index in [9.17, 15) is 4.79 Å². The van der Waals surface area contributed by atoms with Gasteiger partial charge in [0.15, 0.2) is 0 Å². The van der Waals surface area contributed by atoms with Crippen molar-refractivity contribution in [3.05, 3.63) is 71.4 Å². The molecule has 2 aromatic carbocycles. The van der Waals surface area contributed by atoms with E-state index in [1.54, 1.807) is 12.3 Å². The van der Waals surface area contributed by atoms with Crippen LogP contribution in [0.25, 0.3) is 11.3 Å². The van der Waals surface area contributed by atoms with E-state index in [1.807, 2.05) is 36.4 Å². The molecule has 0 bridgehead atoms. The summed E-state index contributed by atoms with van der Waals surface area (Å²) in [7, 11) is 0. The molecule has 6 heteroatoms. The standard InChI is InChI=1S/C27H34N4O2/c1-3-5-6-7-8-9-18-33-24-16-14-23(15-17-24)25-19-26(30-29-25)27(32)31-28-20-22-12-10-21(4-2)11-13-22/h10-17,19-20H,3-9,18H2,1-2H3,(H,29,30)(H,31,32). The van der Waals surface area contributed by atoms with Crippen molar-refractivity contribution >= 4 is 12.1 Å². The van der Waals surface area contributed by atoms with E-state index in [2.05, 4.69) is 46.7 Å². The van der Waals surface area contributed by atoms with Crippen molar-refractivity contribution < 1.29 is 9.53 Å². The molecule has 1 heterocycles. The minimum absolute atomic E-state index is 0.339. The smallest absolute Gasteiger partial charge is 0.289 e. The monoisotopic (exact) mass is 446 g/mol. The van der Waals surface area contributed by atoms with Crippen molar-refractivity contribution in [2.45, 2.75) is 58.8 Å². The molecule has 0 aliphatic carbocycles. The molecule has 0 spiro atoms. The highest BCUT2D eigenvalue weighted by Crippen LogP contribution is 2.21. The van der Waals surface area contributed by atoms with Crippen molar-refractivity contribution in [1.82, 2.24) is 15.6 Å². The first-order valence-electron chi connectivity index (χ1n) is 11.9. The number of ether oxygens (including phenoxy) is 1. The molecule has 6 nitrogen and oxygen atoms in total. The summed E-state index contributed by atoms with van der Waals surface area (Å²) in [6.45, 7) is 5.08. The third-order valence-electron chi connectivity index (χ3n) is 5.51. The van der Waals surface area contributed by atoms with E-state index in [0.29, 0.717) is 11.4 Å². The fraction of sp³-hybridized carbons (Fsp3) is 0.370. The molecule has 3 rings (SSSR count). The van der Waals surface area contributed by atoms with E-state index in [-0.39, 0.29) is 5.91 Å². The summed E-state index contributed by atoms with van der Waals surface area (Å²) >= 11 is 0. The molecule has 0 atom stereocenters. The molecular weight excluding hydrogens is 412 g/mol. The maximum absolute atomic E-state index is 12.3. The Hall–Kier alpha value is -3.41. The Morgan fingerprint density at radius 3 is 2.45 bits per heavy atom. The van der Waals surface area contributed by atoms with Gasteiger partial charge in [-0.25, -0.2) is 5.43 Å². The summed E-state index contributed by atoms with van der Waals surface area (Å²) in [4.78, 5) is 12.3. The molecule has 0 saturated carbocycles. The van der Waals surface area contributed by atoms with Crippen molar-refractivity contribution in [3.63, 3.8) is 0 Å². The lowest BCUT2D eigenvalue weighted by molar-refractivity contribution is 0.0950. The van der Waals surface area contributed by atoms with Crippen LogP contribution in [0.4, 0.5) is 0 Å². The van der Waals surface area contributed by atoms with E-state index < -0.39 is 0 Å². The Labute approximate surface area is 196 Å². The number of carbonyl (C=O) groups excluding carboxylic acids is 1. The molecule has 0 fully saturated rings. The highest BCUT2D eigenvalue weighted by Gasteiger charge is 2.10. The summed E-state index contributed by atoms with van der Waals surface area (Å²) in [5.74, 6) is 0.510. The first-order valence-corrected chi connectivity index (χ1v) is 11.9. The van der Waals surface area contributed by atoms with Crippen LogP contribution in [0.3, 0.4) is 0 Å². The molecular formula is C27H34N4O2. The number of H-pyrrole nitrogens is 1. The van der Waals surface area contributed by atoms with Crippen molar-refractivity contribution in [1.29, 1.82) is 0 Å². The minimum Gasteiger partial charge on any atom is -0.494 e. The van der Waals surface area contributed by atoms with E-state index in [0.717, 1.165) is 36.3 Å². The lowest BCUT2D eigenvalue weighted by Crippen LogP contribution is -2.17.